The number of aliphatic hydroxyl groups excluding tert-OH is 1. The second kappa shape index (κ2) is 37.0. The number of amides is 3. The minimum Gasteiger partial charge on any atom is -0.468 e. The van der Waals surface area contributed by atoms with Gasteiger partial charge < -0.3 is 65.7 Å². The van der Waals surface area contributed by atoms with Crippen molar-refractivity contribution in [1.29, 1.82) is 0 Å². The van der Waals surface area contributed by atoms with Gasteiger partial charge in [-0.05, 0) is 114 Å². The van der Waals surface area contributed by atoms with Crippen LogP contribution in [0.2, 0.25) is 0 Å². The van der Waals surface area contributed by atoms with Gasteiger partial charge in [0.25, 0.3) is 35.5 Å². The molecule has 6 aliphatic heterocycles. The minimum atomic E-state index is -4.13. The van der Waals surface area contributed by atoms with E-state index >= 15 is 0 Å². The zero-order valence-corrected chi connectivity index (χ0v) is 71.0. The minimum absolute atomic E-state index is 0.00211. The number of alkyl halides is 6. The lowest BCUT2D eigenvalue weighted by atomic mass is 9.93. The highest BCUT2D eigenvalue weighted by Crippen LogP contribution is 2.56. The largest absolute Gasteiger partial charge is 0.468 e. The summed E-state index contributed by atoms with van der Waals surface area (Å²) < 4.78 is 164. The summed E-state index contributed by atoms with van der Waals surface area (Å²) in [5, 5.41) is 17.3. The molecule has 6 aromatic heterocycles. The van der Waals surface area contributed by atoms with E-state index in [-0.39, 0.29) is 147 Å². The number of nitrogens with one attached hydrogen (secondary N) is 5. The molecule has 9 fully saturated rings. The first kappa shape index (κ1) is 90.9. The maximum atomic E-state index is 13.6. The number of carbonyl (C=O) groups is 5. The first-order valence-corrected chi connectivity index (χ1v) is 45.5. The number of hydrogen-bond acceptors (Lipinski definition) is 33. The number of aromatic nitrogens is 12. The van der Waals surface area contributed by atoms with Gasteiger partial charge in [0.1, 0.15) is 23.3 Å². The van der Waals surface area contributed by atoms with E-state index in [9.17, 15) is 75.6 Å². The van der Waals surface area contributed by atoms with E-state index < -0.39 is 100 Å². The predicted molar refractivity (Wildman–Crippen MR) is 439 cm³/mol. The number of esters is 2. The summed E-state index contributed by atoms with van der Waals surface area (Å²) >= 11 is 0. The van der Waals surface area contributed by atoms with Gasteiger partial charge in [-0.2, -0.15) is 15.0 Å². The van der Waals surface area contributed by atoms with Crippen molar-refractivity contribution >= 4 is 140 Å². The molecule has 0 radical (unpaired) electrons. The summed E-state index contributed by atoms with van der Waals surface area (Å²) in [6.45, 7) is 9.51. The Kier molecular flexibility index (Phi) is 27.6. The number of halogens is 7. The lowest BCUT2D eigenvalue weighted by Gasteiger charge is -2.33. The standard InChI is InChI=1S/C25H32F2N8O5S.C24H32F2N8O4S.C22H28F2N8O.C3H5ClO4S/c1-16-13-17(32-23(29-16)35-11-7-25(26,27)8-12-35)31-22(37)20-21(34-9-5-24(3-4-24)6-10-34)30-18(14-28-20)33-41(38,39)15-19(36)40-2;1-16-14-17(31-22(28-16)34-10-6-24(25,26)7-11-34)30-21(36)19-20(33-8-4-23(2-3-23)5-9-33)29-18(15-27-19)32-39(37,38)13-12-35;1-14-12-16(30-20(27-14)32-10-6-22(23,24)7-11-32)29-19(33)17-18(28-15(25)13-26-17)31-8-4-21(2-3-21)5-9-31;1-8-3(5)2-9(4,6)7/h13-14H,3-12,15H2,1-2H3,(H,30,33)(H,29,31,32,37);14-15,35H,2-13H2,1H3,(H,29,32)(H,28,30,31,36);12-13H,2-11H2,1H3,(H2,25,28)(H,27,29,30,33);2H2,1H3. The monoisotopic (exact) mass is 1790 g/mol. The summed E-state index contributed by atoms with van der Waals surface area (Å²) in [4.78, 5) is 125. The zero-order chi connectivity index (χ0) is 88.0. The molecule has 0 aromatic carbocycles. The number of piperidine rings is 6. The average Bonchev–Trinajstić information content (AvgIpc) is 1.74. The van der Waals surface area contributed by atoms with Crippen molar-refractivity contribution in [3.05, 3.63) is 71.0 Å². The fourth-order valence-electron chi connectivity index (χ4n) is 14.8. The molecule has 8 N–H and O–H groups in total. The Morgan fingerprint density at radius 1 is 0.410 bits per heavy atom. The third kappa shape index (κ3) is 25.0. The summed E-state index contributed by atoms with van der Waals surface area (Å²) in [7, 11) is -4.86. The quantitative estimate of drug-likeness (QED) is 0.0199. The second-order valence-electron chi connectivity index (χ2n) is 32.1. The summed E-state index contributed by atoms with van der Waals surface area (Å²) in [5.74, 6) is -11.3. The Bertz CT molecular complexity index is 5200. The van der Waals surface area contributed by atoms with E-state index in [0.29, 0.717) is 77.1 Å². The van der Waals surface area contributed by atoms with Crippen molar-refractivity contribution in [3.63, 3.8) is 0 Å². The van der Waals surface area contributed by atoms with E-state index in [4.69, 9.17) is 10.8 Å². The van der Waals surface area contributed by atoms with E-state index in [2.05, 4.69) is 110 Å². The van der Waals surface area contributed by atoms with Crippen LogP contribution in [0.3, 0.4) is 0 Å². The lowest BCUT2D eigenvalue weighted by Crippen LogP contribution is -2.40. The van der Waals surface area contributed by atoms with Crippen LogP contribution in [0.4, 0.5) is 96.5 Å². The molecule has 3 spiro atoms. The highest BCUT2D eigenvalue weighted by atomic mass is 35.7. The fourth-order valence-corrected chi connectivity index (χ4v) is 17.2. The van der Waals surface area contributed by atoms with Gasteiger partial charge in [-0.25, -0.2) is 96.5 Å². The molecule has 6 saturated heterocycles. The summed E-state index contributed by atoms with van der Waals surface area (Å²) in [6.07, 6.45) is 15.1. The van der Waals surface area contributed by atoms with Crippen molar-refractivity contribution in [2.45, 2.75) is 154 Å². The van der Waals surface area contributed by atoms with Gasteiger partial charge in [0.05, 0.1) is 45.2 Å². The molecule has 9 aliphatic rings. The van der Waals surface area contributed by atoms with Crippen LogP contribution in [0.1, 0.15) is 164 Å². The van der Waals surface area contributed by atoms with Gasteiger partial charge in [0.2, 0.25) is 46.9 Å². The third-order valence-corrected chi connectivity index (χ3v) is 26.0. The van der Waals surface area contributed by atoms with Gasteiger partial charge in [-0.3, -0.25) is 33.4 Å². The topological polar surface area (TPSA) is 487 Å². The SMILES string of the molecule is COC(=O)CS(=O)(=O)Cl.COC(=O)CS(=O)(=O)Nc1cnc(C(=O)Nc2cc(C)nc(N3CCC(F)(F)CC3)n2)c(N2CCC3(CC2)CC3)n1.Cc1cc(NC(=O)c2ncc(N)nc2N2CCC3(CC2)CC3)nc(N2CCC(F)(F)CC2)n1.Cc1cc(NC(=O)c2ncc(NS(=O)(=O)CCO)nc2N2CCC3(CC2)CC3)nc(N2CCC(F)(F)CC2)n1. The zero-order valence-electron chi connectivity index (χ0n) is 67.8. The molecule has 3 aliphatic carbocycles. The van der Waals surface area contributed by atoms with Crippen LogP contribution < -0.4 is 60.5 Å². The Balaban J connectivity index is 0.000000160. The lowest BCUT2D eigenvalue weighted by molar-refractivity contribution is -0.138. The summed E-state index contributed by atoms with van der Waals surface area (Å²) in [6, 6.07) is 4.77. The highest BCUT2D eigenvalue weighted by molar-refractivity contribution is 8.14. The molecule has 0 atom stereocenters. The Morgan fingerprint density at radius 3 is 0.984 bits per heavy atom. The second-order valence-corrected chi connectivity index (χ2v) is 38.4. The van der Waals surface area contributed by atoms with Gasteiger partial charge >= 0.3 is 11.9 Å². The molecular formula is C74H97ClF6N24O14S3. The van der Waals surface area contributed by atoms with Gasteiger partial charge in [-0.1, -0.05) is 0 Å². The van der Waals surface area contributed by atoms with E-state index in [0.717, 1.165) is 91.1 Å². The van der Waals surface area contributed by atoms with Crippen molar-refractivity contribution < 1.29 is 90.1 Å². The number of methoxy groups -OCH3 is 2. The van der Waals surface area contributed by atoms with Crippen LogP contribution in [0.15, 0.2) is 36.8 Å². The van der Waals surface area contributed by atoms with Crippen LogP contribution >= 0.6 is 10.7 Å². The first-order chi connectivity index (χ1) is 57.5. The molecule has 0 unspecified atom stereocenters. The Morgan fingerprint density at radius 2 is 0.697 bits per heavy atom. The van der Waals surface area contributed by atoms with Crippen molar-refractivity contribution in [2.75, 3.05) is 177 Å². The average molecular weight is 1790 g/mol. The van der Waals surface area contributed by atoms with Crippen LogP contribution in [-0.2, 0) is 48.2 Å². The van der Waals surface area contributed by atoms with Crippen molar-refractivity contribution in [2.24, 2.45) is 16.2 Å². The third-order valence-electron chi connectivity index (χ3n) is 22.7. The number of nitrogen functional groups attached to an aromatic ring is 1. The number of hydrogen-bond donors (Lipinski definition) is 7. The van der Waals surface area contributed by atoms with Gasteiger partial charge in [-0.15, -0.1) is 0 Å². The maximum Gasteiger partial charge on any atom is 0.322 e. The number of rotatable bonds is 22. The summed E-state index contributed by atoms with van der Waals surface area (Å²) in [5.41, 5.74) is 8.93. The molecule has 48 heteroatoms. The van der Waals surface area contributed by atoms with Crippen LogP contribution in [0.5, 0.6) is 0 Å². The molecule has 38 nitrogen and oxygen atoms in total. The number of ether oxygens (including phenoxy) is 2. The normalized spacial score (nSPS) is 19.5. The number of nitrogens with zero attached hydrogens (tertiary/aromatic N) is 18. The van der Waals surface area contributed by atoms with Gasteiger partial charge in [0.15, 0.2) is 57.7 Å². The Labute approximate surface area is 704 Å². The van der Waals surface area contributed by atoms with Crippen LogP contribution in [0.25, 0.3) is 0 Å². The molecule has 0 bridgehead atoms. The molecule has 6 aromatic rings. The van der Waals surface area contributed by atoms with Crippen LogP contribution in [-0.4, -0.2) is 254 Å². The van der Waals surface area contributed by atoms with E-state index in [1.54, 1.807) is 53.7 Å². The molecular weight excluding hydrogens is 1690 g/mol. The fraction of sp³-hybridized carbons (Fsp3) is 0.608. The van der Waals surface area contributed by atoms with E-state index in [1.165, 1.54) is 31.9 Å². The van der Waals surface area contributed by atoms with Crippen molar-refractivity contribution in [3.8, 4) is 0 Å². The molecule has 12 heterocycles. The van der Waals surface area contributed by atoms with Crippen LogP contribution in [0, 0.1) is 37.0 Å². The Hall–Kier alpha value is -10.3. The number of anilines is 12. The predicted octanol–water partition coefficient (Wildman–Crippen LogP) is 7.29. The number of aryl methyl sites for hydroxylation is 3. The number of carbonyl (C=O) groups excluding carboxylic acids is 5. The number of aliphatic hydroxyl groups is 1. The first-order valence-electron chi connectivity index (χ1n) is 39.7. The highest BCUT2D eigenvalue weighted by Gasteiger charge is 2.48. The smallest absolute Gasteiger partial charge is 0.322 e. The van der Waals surface area contributed by atoms with E-state index in [1.807, 2.05) is 9.80 Å². The molecule has 3 saturated carbocycles. The molecule has 3 amide bonds. The number of sulfonamides is 2. The molecule has 122 heavy (non-hydrogen) atoms. The van der Waals surface area contributed by atoms with Crippen molar-refractivity contribution in [1.82, 2.24) is 59.8 Å². The molecule has 15 rings (SSSR count). The van der Waals surface area contributed by atoms with Gasteiger partial charge in [0, 0.05) is 163 Å². The molecule has 664 valence electrons. The number of nitrogens with two attached hydrogens (primary N) is 1. The maximum absolute atomic E-state index is 13.6.